The van der Waals surface area contributed by atoms with Crippen molar-refractivity contribution in [3.05, 3.63) is 82.8 Å². The van der Waals surface area contributed by atoms with Gasteiger partial charge in [0, 0.05) is 17.1 Å². The molecule has 8 heteroatoms. The van der Waals surface area contributed by atoms with Gasteiger partial charge in [-0.1, -0.05) is 18.2 Å². The normalized spacial score (nSPS) is 13.4. The summed E-state index contributed by atoms with van der Waals surface area (Å²) in [6, 6.07) is 18.9. The minimum absolute atomic E-state index is 0.318. The SMILES string of the molecule is COc1ccc(-c2nc3c4cccc(C5CC5)c4nc(Nc4ccccnc4=O)n3n2)cc1. The molecule has 0 radical (unpaired) electrons. The van der Waals surface area contributed by atoms with Crippen LogP contribution < -0.4 is 15.6 Å². The maximum absolute atomic E-state index is 12.4. The molecule has 3 aromatic heterocycles. The third kappa shape index (κ3) is 3.45. The maximum atomic E-state index is 12.4. The summed E-state index contributed by atoms with van der Waals surface area (Å²) in [5, 5.41) is 8.82. The number of fused-ring (bicyclic) bond motifs is 3. The molecule has 0 atom stereocenters. The largest absolute Gasteiger partial charge is 0.497 e. The number of aromatic nitrogens is 5. The van der Waals surface area contributed by atoms with Crippen LogP contribution in [0, 0.1) is 0 Å². The van der Waals surface area contributed by atoms with Gasteiger partial charge in [0.2, 0.25) is 5.95 Å². The molecule has 1 aliphatic rings. The Morgan fingerprint density at radius 2 is 1.85 bits per heavy atom. The lowest BCUT2D eigenvalue weighted by Crippen LogP contribution is -2.12. The van der Waals surface area contributed by atoms with Crippen molar-refractivity contribution in [2.24, 2.45) is 0 Å². The van der Waals surface area contributed by atoms with Crippen LogP contribution in [0.15, 0.2) is 71.7 Å². The lowest BCUT2D eigenvalue weighted by molar-refractivity contribution is 0.415. The fourth-order valence-corrected chi connectivity index (χ4v) is 3.99. The van der Waals surface area contributed by atoms with Gasteiger partial charge in [0.15, 0.2) is 11.5 Å². The molecule has 1 N–H and O–H groups in total. The van der Waals surface area contributed by atoms with Gasteiger partial charge in [0.1, 0.15) is 11.4 Å². The molecule has 6 rings (SSSR count). The van der Waals surface area contributed by atoms with Gasteiger partial charge in [-0.3, -0.25) is 4.79 Å². The molecule has 0 aliphatic heterocycles. The second kappa shape index (κ2) is 7.67. The van der Waals surface area contributed by atoms with Crippen molar-refractivity contribution in [3.63, 3.8) is 0 Å². The van der Waals surface area contributed by atoms with Gasteiger partial charge in [-0.05, 0) is 66.8 Å². The Kier molecular flexibility index (Phi) is 4.50. The second-order valence-electron chi connectivity index (χ2n) is 8.03. The topological polar surface area (TPSA) is 94.3 Å². The van der Waals surface area contributed by atoms with Gasteiger partial charge in [0.25, 0.3) is 5.56 Å². The van der Waals surface area contributed by atoms with Crippen LogP contribution in [0.25, 0.3) is 27.9 Å². The Morgan fingerprint density at radius 3 is 2.64 bits per heavy atom. The van der Waals surface area contributed by atoms with Crippen LogP contribution in [0.1, 0.15) is 24.3 Å². The average Bonchev–Trinajstić information content (AvgIpc) is 3.62. The summed E-state index contributed by atoms with van der Waals surface area (Å²) in [5.74, 6) is 2.25. The molecule has 2 aromatic carbocycles. The van der Waals surface area contributed by atoms with Crippen LogP contribution in [-0.2, 0) is 0 Å². The van der Waals surface area contributed by atoms with E-state index >= 15 is 0 Å². The summed E-state index contributed by atoms with van der Waals surface area (Å²) in [4.78, 5) is 26.1. The highest BCUT2D eigenvalue weighted by molar-refractivity contribution is 5.95. The number of nitrogens with zero attached hydrogens (tertiary/aromatic N) is 5. The average molecular weight is 436 g/mol. The Morgan fingerprint density at radius 1 is 1.00 bits per heavy atom. The standard InChI is InChI=1S/C25H20N6O2/c1-33-17-12-10-16(11-13-17)22-29-23-19-6-4-5-18(15-8-9-15)21(19)28-25(31(23)30-22)27-20-7-2-3-14-26-24(20)32/h2-7,10-15H,8-9H2,1H3,(H,26,27,28,32). The van der Waals surface area contributed by atoms with Gasteiger partial charge in [0.05, 0.1) is 12.6 Å². The maximum Gasteiger partial charge on any atom is 0.293 e. The van der Waals surface area contributed by atoms with E-state index in [9.17, 15) is 4.79 Å². The van der Waals surface area contributed by atoms with Crippen molar-refractivity contribution in [1.29, 1.82) is 0 Å². The molecule has 8 nitrogen and oxygen atoms in total. The predicted molar refractivity (Wildman–Crippen MR) is 126 cm³/mol. The van der Waals surface area contributed by atoms with Crippen LogP contribution in [0.4, 0.5) is 11.6 Å². The monoisotopic (exact) mass is 436 g/mol. The molecular weight excluding hydrogens is 416 g/mol. The molecular formula is C25H20N6O2. The van der Waals surface area contributed by atoms with Crippen LogP contribution in [0.5, 0.6) is 5.75 Å². The molecule has 1 saturated carbocycles. The van der Waals surface area contributed by atoms with Gasteiger partial charge in [-0.15, -0.1) is 5.10 Å². The quantitative estimate of drug-likeness (QED) is 0.438. The highest BCUT2D eigenvalue weighted by Crippen LogP contribution is 2.43. The van der Waals surface area contributed by atoms with Crippen molar-refractivity contribution >= 4 is 28.2 Å². The number of para-hydroxylation sites is 1. The van der Waals surface area contributed by atoms with Gasteiger partial charge >= 0.3 is 0 Å². The van der Waals surface area contributed by atoms with Gasteiger partial charge < -0.3 is 10.1 Å². The summed E-state index contributed by atoms with van der Waals surface area (Å²) in [6.07, 6.45) is 3.78. The Bertz CT molecular complexity index is 1560. The van der Waals surface area contributed by atoms with E-state index in [1.807, 2.05) is 36.4 Å². The number of ether oxygens (including phenoxy) is 1. The first kappa shape index (κ1) is 19.4. The van der Waals surface area contributed by atoms with Gasteiger partial charge in [-0.2, -0.15) is 4.52 Å². The summed E-state index contributed by atoms with van der Waals surface area (Å²) in [7, 11) is 1.63. The van der Waals surface area contributed by atoms with E-state index in [1.165, 1.54) is 11.8 Å². The molecule has 162 valence electrons. The summed E-state index contributed by atoms with van der Waals surface area (Å²) in [6.45, 7) is 0. The lowest BCUT2D eigenvalue weighted by Gasteiger charge is -2.10. The summed E-state index contributed by atoms with van der Waals surface area (Å²) >= 11 is 0. The van der Waals surface area contributed by atoms with Crippen LogP contribution in [-0.4, -0.2) is 31.7 Å². The first-order valence-corrected chi connectivity index (χ1v) is 10.8. The highest BCUT2D eigenvalue weighted by Gasteiger charge is 2.27. The van der Waals surface area contributed by atoms with E-state index in [-0.39, 0.29) is 5.56 Å². The smallest absolute Gasteiger partial charge is 0.293 e. The highest BCUT2D eigenvalue weighted by atomic mass is 16.5. The number of hydrogen-bond donors (Lipinski definition) is 1. The van der Waals surface area contributed by atoms with Crippen LogP contribution in [0.2, 0.25) is 0 Å². The van der Waals surface area contributed by atoms with E-state index in [1.54, 1.807) is 29.8 Å². The minimum atomic E-state index is -0.374. The molecule has 0 spiro atoms. The minimum Gasteiger partial charge on any atom is -0.497 e. The lowest BCUT2D eigenvalue weighted by atomic mass is 10.1. The van der Waals surface area contributed by atoms with Crippen molar-refractivity contribution in [1.82, 2.24) is 24.6 Å². The Labute approximate surface area is 188 Å². The molecule has 0 amide bonds. The fraction of sp³-hybridized carbons (Fsp3) is 0.160. The number of methoxy groups -OCH3 is 1. The molecule has 1 fully saturated rings. The number of anilines is 2. The zero-order valence-corrected chi connectivity index (χ0v) is 17.9. The van der Waals surface area contributed by atoms with E-state index in [4.69, 9.17) is 19.8 Å². The van der Waals surface area contributed by atoms with Crippen molar-refractivity contribution in [2.75, 3.05) is 12.4 Å². The van der Waals surface area contributed by atoms with E-state index in [0.29, 0.717) is 29.0 Å². The number of rotatable bonds is 5. The number of hydrogen-bond acceptors (Lipinski definition) is 7. The molecule has 0 bridgehead atoms. The van der Waals surface area contributed by atoms with Crippen LogP contribution in [0.3, 0.4) is 0 Å². The van der Waals surface area contributed by atoms with Crippen molar-refractivity contribution in [2.45, 2.75) is 18.8 Å². The second-order valence-corrected chi connectivity index (χ2v) is 8.03. The number of benzene rings is 2. The third-order valence-electron chi connectivity index (χ3n) is 5.83. The summed E-state index contributed by atoms with van der Waals surface area (Å²) in [5.41, 5.74) is 3.56. The fourth-order valence-electron chi connectivity index (χ4n) is 3.99. The Hall–Kier alpha value is -4.33. The van der Waals surface area contributed by atoms with Crippen molar-refractivity contribution < 1.29 is 4.74 Å². The molecule has 0 saturated heterocycles. The molecule has 1 aliphatic carbocycles. The van der Waals surface area contributed by atoms with Crippen molar-refractivity contribution in [3.8, 4) is 17.1 Å². The third-order valence-corrected chi connectivity index (χ3v) is 5.83. The molecule has 3 heterocycles. The molecule has 33 heavy (non-hydrogen) atoms. The predicted octanol–water partition coefficient (Wildman–Crippen LogP) is 4.33. The first-order chi connectivity index (χ1) is 16.2. The van der Waals surface area contributed by atoms with Gasteiger partial charge in [-0.25, -0.2) is 15.0 Å². The first-order valence-electron chi connectivity index (χ1n) is 10.8. The summed E-state index contributed by atoms with van der Waals surface area (Å²) < 4.78 is 6.92. The zero-order valence-electron chi connectivity index (χ0n) is 17.9. The molecule has 0 unspecified atom stereocenters. The Balaban J connectivity index is 1.59. The zero-order chi connectivity index (χ0) is 22.4. The van der Waals surface area contributed by atoms with E-state index in [2.05, 4.69) is 16.4 Å². The van der Waals surface area contributed by atoms with Crippen LogP contribution >= 0.6 is 0 Å². The van der Waals surface area contributed by atoms with E-state index < -0.39 is 0 Å². The molecule has 5 aromatic rings. The van der Waals surface area contributed by atoms with E-state index in [0.717, 1.165) is 35.1 Å². The number of nitrogens with one attached hydrogen (secondary N) is 1.